The fraction of sp³-hybridized carbons (Fsp3) is 0.188. The predicted molar refractivity (Wildman–Crippen MR) is 73.1 cm³/mol. The van der Waals surface area contributed by atoms with Gasteiger partial charge < -0.3 is 5.32 Å². The second kappa shape index (κ2) is 4.65. The summed E-state index contributed by atoms with van der Waals surface area (Å²) in [6.07, 6.45) is 2.07. The lowest BCUT2D eigenvalue weighted by atomic mass is 9.92. The number of fused-ring (bicyclic) bond motifs is 1. The number of anilines is 1. The van der Waals surface area contributed by atoms with Crippen molar-refractivity contribution in [3.8, 4) is 0 Å². The molecular formula is C16H15NO. The van der Waals surface area contributed by atoms with Crippen LogP contribution in [0.3, 0.4) is 0 Å². The van der Waals surface area contributed by atoms with Crippen LogP contribution in [0.25, 0.3) is 0 Å². The van der Waals surface area contributed by atoms with Crippen LogP contribution in [-0.2, 0) is 6.42 Å². The van der Waals surface area contributed by atoms with E-state index in [9.17, 15) is 4.79 Å². The minimum absolute atomic E-state index is 0.121. The van der Waals surface area contributed by atoms with E-state index < -0.39 is 0 Å². The minimum atomic E-state index is 0.121. The van der Waals surface area contributed by atoms with E-state index in [1.165, 1.54) is 0 Å². The fourth-order valence-corrected chi connectivity index (χ4v) is 2.47. The number of carbonyl (C=O) groups excluding carboxylic acids is 1. The van der Waals surface area contributed by atoms with Gasteiger partial charge in [0.05, 0.1) is 0 Å². The van der Waals surface area contributed by atoms with Crippen LogP contribution in [0, 0.1) is 0 Å². The Balaban J connectivity index is 2.05. The molecule has 2 nitrogen and oxygen atoms in total. The number of ketones is 1. The Labute approximate surface area is 107 Å². The Bertz CT molecular complexity index is 575. The van der Waals surface area contributed by atoms with Crippen LogP contribution >= 0.6 is 0 Å². The average Bonchev–Trinajstić information content (AvgIpc) is 2.47. The Hall–Kier alpha value is -2.09. The molecule has 0 spiro atoms. The van der Waals surface area contributed by atoms with Crippen LogP contribution in [-0.4, -0.2) is 12.3 Å². The van der Waals surface area contributed by atoms with Crippen molar-refractivity contribution in [1.29, 1.82) is 0 Å². The van der Waals surface area contributed by atoms with E-state index in [2.05, 4.69) is 11.4 Å². The van der Waals surface area contributed by atoms with Crippen molar-refractivity contribution >= 4 is 11.5 Å². The van der Waals surface area contributed by atoms with Gasteiger partial charge in [0.25, 0.3) is 0 Å². The Kier molecular flexibility index (Phi) is 2.85. The normalized spacial score (nSPS) is 13.6. The van der Waals surface area contributed by atoms with Gasteiger partial charge >= 0.3 is 0 Å². The number of nitrogens with one attached hydrogen (secondary N) is 1. The van der Waals surface area contributed by atoms with Crippen molar-refractivity contribution in [3.05, 3.63) is 65.2 Å². The van der Waals surface area contributed by atoms with E-state index >= 15 is 0 Å². The molecule has 0 aromatic heterocycles. The van der Waals surface area contributed by atoms with Gasteiger partial charge in [-0.05, 0) is 24.5 Å². The summed E-state index contributed by atoms with van der Waals surface area (Å²) < 4.78 is 0. The molecule has 2 heteroatoms. The van der Waals surface area contributed by atoms with Gasteiger partial charge in [-0.1, -0.05) is 42.5 Å². The van der Waals surface area contributed by atoms with Crippen LogP contribution in [0.4, 0.5) is 5.69 Å². The molecule has 0 atom stereocenters. The van der Waals surface area contributed by atoms with Crippen molar-refractivity contribution in [2.24, 2.45) is 0 Å². The zero-order chi connectivity index (χ0) is 12.4. The Morgan fingerprint density at radius 3 is 2.67 bits per heavy atom. The average molecular weight is 237 g/mol. The maximum absolute atomic E-state index is 12.5. The summed E-state index contributed by atoms with van der Waals surface area (Å²) >= 11 is 0. The van der Waals surface area contributed by atoms with Crippen molar-refractivity contribution < 1.29 is 4.79 Å². The van der Waals surface area contributed by atoms with Crippen LogP contribution in [0.1, 0.15) is 27.9 Å². The quantitative estimate of drug-likeness (QED) is 0.812. The van der Waals surface area contributed by atoms with Crippen molar-refractivity contribution in [3.63, 3.8) is 0 Å². The first kappa shape index (κ1) is 11.0. The molecule has 0 unspecified atom stereocenters. The molecule has 0 amide bonds. The first-order valence-electron chi connectivity index (χ1n) is 6.32. The van der Waals surface area contributed by atoms with Crippen molar-refractivity contribution in [1.82, 2.24) is 0 Å². The molecule has 0 aliphatic carbocycles. The standard InChI is InChI=1S/C16H15NO/c18-16(12-6-2-1-3-7-12)14-8-4-10-15-13(14)9-5-11-17-15/h1-4,6-8,10,17H,5,9,11H2. The van der Waals surface area contributed by atoms with E-state index in [4.69, 9.17) is 0 Å². The molecule has 2 aromatic carbocycles. The summed E-state index contributed by atoms with van der Waals surface area (Å²) in [5, 5.41) is 3.36. The molecule has 1 N–H and O–H groups in total. The monoisotopic (exact) mass is 237 g/mol. The molecule has 3 rings (SSSR count). The lowest BCUT2D eigenvalue weighted by molar-refractivity contribution is 0.103. The van der Waals surface area contributed by atoms with Crippen molar-refractivity contribution in [2.75, 3.05) is 11.9 Å². The van der Waals surface area contributed by atoms with Gasteiger partial charge in [0.2, 0.25) is 0 Å². The van der Waals surface area contributed by atoms with E-state index in [1.807, 2.05) is 42.5 Å². The van der Waals surface area contributed by atoms with E-state index in [-0.39, 0.29) is 5.78 Å². The van der Waals surface area contributed by atoms with Crippen LogP contribution in [0.2, 0.25) is 0 Å². The summed E-state index contributed by atoms with van der Waals surface area (Å²) in [4.78, 5) is 12.5. The summed E-state index contributed by atoms with van der Waals surface area (Å²) in [6, 6.07) is 15.4. The smallest absolute Gasteiger partial charge is 0.193 e. The molecule has 0 fully saturated rings. The molecule has 1 heterocycles. The predicted octanol–water partition coefficient (Wildman–Crippen LogP) is 3.28. The molecular weight excluding hydrogens is 222 g/mol. The maximum atomic E-state index is 12.5. The zero-order valence-electron chi connectivity index (χ0n) is 10.1. The molecule has 1 aliphatic rings. The number of carbonyl (C=O) groups is 1. The topological polar surface area (TPSA) is 29.1 Å². The Morgan fingerprint density at radius 2 is 1.83 bits per heavy atom. The summed E-state index contributed by atoms with van der Waals surface area (Å²) in [7, 11) is 0. The summed E-state index contributed by atoms with van der Waals surface area (Å²) in [5.41, 5.74) is 3.88. The number of rotatable bonds is 2. The molecule has 0 radical (unpaired) electrons. The third-order valence-corrected chi connectivity index (χ3v) is 3.38. The highest BCUT2D eigenvalue weighted by molar-refractivity contribution is 6.10. The molecule has 1 aliphatic heterocycles. The van der Waals surface area contributed by atoms with Gasteiger partial charge in [-0.2, -0.15) is 0 Å². The highest BCUT2D eigenvalue weighted by atomic mass is 16.1. The van der Waals surface area contributed by atoms with Crippen LogP contribution in [0.15, 0.2) is 48.5 Å². The minimum Gasteiger partial charge on any atom is -0.385 e. The van der Waals surface area contributed by atoms with E-state index in [0.717, 1.165) is 41.8 Å². The second-order valence-corrected chi connectivity index (χ2v) is 4.56. The zero-order valence-corrected chi connectivity index (χ0v) is 10.1. The maximum Gasteiger partial charge on any atom is 0.193 e. The van der Waals surface area contributed by atoms with Gasteiger partial charge in [0.15, 0.2) is 5.78 Å². The third-order valence-electron chi connectivity index (χ3n) is 3.38. The van der Waals surface area contributed by atoms with Gasteiger partial charge in [-0.3, -0.25) is 4.79 Å². The van der Waals surface area contributed by atoms with Gasteiger partial charge in [-0.25, -0.2) is 0 Å². The summed E-state index contributed by atoms with van der Waals surface area (Å²) in [5.74, 6) is 0.121. The molecule has 0 bridgehead atoms. The third kappa shape index (κ3) is 1.90. The highest BCUT2D eigenvalue weighted by Gasteiger charge is 2.17. The first-order chi connectivity index (χ1) is 8.86. The lowest BCUT2D eigenvalue weighted by Crippen LogP contribution is -2.15. The molecule has 2 aromatic rings. The number of benzene rings is 2. The largest absolute Gasteiger partial charge is 0.385 e. The number of hydrogen-bond acceptors (Lipinski definition) is 2. The van der Waals surface area contributed by atoms with Gasteiger partial charge in [0.1, 0.15) is 0 Å². The van der Waals surface area contributed by atoms with Crippen LogP contribution < -0.4 is 5.32 Å². The van der Waals surface area contributed by atoms with E-state index in [0.29, 0.717) is 0 Å². The SMILES string of the molecule is O=C(c1ccccc1)c1cccc2c1CCCN2. The Morgan fingerprint density at radius 1 is 1.00 bits per heavy atom. The first-order valence-corrected chi connectivity index (χ1v) is 6.32. The van der Waals surface area contributed by atoms with Crippen LogP contribution in [0.5, 0.6) is 0 Å². The lowest BCUT2D eigenvalue weighted by Gasteiger charge is -2.20. The fourth-order valence-electron chi connectivity index (χ4n) is 2.47. The van der Waals surface area contributed by atoms with Gasteiger partial charge in [-0.15, -0.1) is 0 Å². The molecule has 0 saturated carbocycles. The van der Waals surface area contributed by atoms with Crippen molar-refractivity contribution in [2.45, 2.75) is 12.8 Å². The highest BCUT2D eigenvalue weighted by Crippen LogP contribution is 2.26. The second-order valence-electron chi connectivity index (χ2n) is 4.56. The van der Waals surface area contributed by atoms with Gasteiger partial charge in [0, 0.05) is 23.4 Å². The summed E-state index contributed by atoms with van der Waals surface area (Å²) in [6.45, 7) is 0.996. The molecule has 18 heavy (non-hydrogen) atoms. The molecule has 90 valence electrons. The number of hydrogen-bond donors (Lipinski definition) is 1. The molecule has 0 saturated heterocycles. The van der Waals surface area contributed by atoms with E-state index in [1.54, 1.807) is 0 Å².